The molecule has 1 saturated heterocycles. The summed E-state index contributed by atoms with van der Waals surface area (Å²) < 4.78 is 35.4. The third-order valence-corrected chi connectivity index (χ3v) is 4.45. The second-order valence-corrected chi connectivity index (χ2v) is 6.93. The van der Waals surface area contributed by atoms with Gasteiger partial charge < -0.3 is 4.90 Å². The number of benzene rings is 1. The first-order valence-corrected chi connectivity index (χ1v) is 8.10. The highest BCUT2D eigenvalue weighted by atomic mass is 35.5. The number of hydrogen-bond donors (Lipinski definition) is 1. The summed E-state index contributed by atoms with van der Waals surface area (Å²) in [6.07, 6.45) is 0.568. The van der Waals surface area contributed by atoms with Crippen molar-refractivity contribution in [3.05, 3.63) is 34.6 Å². The molecule has 1 aliphatic heterocycles. The molecule has 0 aromatic heterocycles. The summed E-state index contributed by atoms with van der Waals surface area (Å²) in [4.78, 5) is 13.7. The number of sulfonamides is 1. The van der Waals surface area contributed by atoms with Gasteiger partial charge in [0.25, 0.3) is 5.91 Å². The maximum atomic E-state index is 13.3. The molecule has 1 heterocycles. The van der Waals surface area contributed by atoms with Gasteiger partial charge in [0.15, 0.2) is 0 Å². The van der Waals surface area contributed by atoms with Gasteiger partial charge in [-0.05, 0) is 30.5 Å². The Labute approximate surface area is 121 Å². The van der Waals surface area contributed by atoms with Gasteiger partial charge in [0.05, 0.1) is 10.8 Å². The summed E-state index contributed by atoms with van der Waals surface area (Å²) in [7, 11) is -3.55. The first-order valence-electron chi connectivity index (χ1n) is 6.01. The molecule has 1 aromatic rings. The van der Waals surface area contributed by atoms with Gasteiger partial charge in [-0.25, -0.2) is 17.9 Å². The monoisotopic (exact) mass is 320 g/mol. The topological polar surface area (TPSA) is 80.5 Å². The minimum absolute atomic E-state index is 0.0462. The number of likely N-dealkylation sites (tertiary alicyclic amines) is 1. The largest absolute Gasteiger partial charge is 0.338 e. The number of halogens is 2. The van der Waals surface area contributed by atoms with Crippen molar-refractivity contribution in [2.24, 2.45) is 11.1 Å². The molecule has 0 bridgehead atoms. The van der Waals surface area contributed by atoms with Crippen LogP contribution in [-0.4, -0.2) is 38.1 Å². The molecule has 0 radical (unpaired) electrons. The number of amides is 1. The second-order valence-electron chi connectivity index (χ2n) is 4.86. The smallest absolute Gasteiger partial charge is 0.253 e. The van der Waals surface area contributed by atoms with Crippen LogP contribution >= 0.6 is 11.6 Å². The summed E-state index contributed by atoms with van der Waals surface area (Å²) in [5.74, 6) is -1.31. The standard InChI is InChI=1S/C12H14ClFN2O3S/c13-10-2-1-9(5-11(10)14)12(17)16-4-3-8(6-16)7-20(15,18)19/h1-2,5,8H,3-4,6-7H2,(H2,15,18,19). The SMILES string of the molecule is NS(=O)(=O)CC1CCN(C(=O)c2ccc(Cl)c(F)c2)C1. The van der Waals surface area contributed by atoms with E-state index in [2.05, 4.69) is 0 Å². The van der Waals surface area contributed by atoms with Gasteiger partial charge in [0.2, 0.25) is 10.0 Å². The van der Waals surface area contributed by atoms with Crippen LogP contribution in [0.1, 0.15) is 16.8 Å². The van der Waals surface area contributed by atoms with Crippen molar-refractivity contribution in [3.63, 3.8) is 0 Å². The normalized spacial score (nSPS) is 19.4. The third-order valence-electron chi connectivity index (χ3n) is 3.21. The van der Waals surface area contributed by atoms with Crippen molar-refractivity contribution in [1.29, 1.82) is 0 Å². The highest BCUT2D eigenvalue weighted by Crippen LogP contribution is 2.21. The Morgan fingerprint density at radius 1 is 1.50 bits per heavy atom. The van der Waals surface area contributed by atoms with E-state index in [0.29, 0.717) is 19.5 Å². The Bertz CT molecular complexity index is 636. The minimum atomic E-state index is -3.55. The van der Waals surface area contributed by atoms with E-state index in [1.807, 2.05) is 0 Å². The van der Waals surface area contributed by atoms with Crippen molar-refractivity contribution >= 4 is 27.5 Å². The van der Waals surface area contributed by atoms with E-state index in [1.165, 1.54) is 17.0 Å². The maximum Gasteiger partial charge on any atom is 0.253 e. The zero-order chi connectivity index (χ0) is 14.9. The van der Waals surface area contributed by atoms with E-state index in [4.69, 9.17) is 16.7 Å². The predicted molar refractivity (Wildman–Crippen MR) is 73.4 cm³/mol. The Morgan fingerprint density at radius 3 is 2.80 bits per heavy atom. The van der Waals surface area contributed by atoms with E-state index < -0.39 is 15.8 Å². The van der Waals surface area contributed by atoms with Crippen LogP contribution < -0.4 is 5.14 Å². The molecule has 5 nitrogen and oxygen atoms in total. The Morgan fingerprint density at radius 2 is 2.20 bits per heavy atom. The Hall–Kier alpha value is -1.18. The first-order chi connectivity index (χ1) is 9.26. The summed E-state index contributed by atoms with van der Waals surface area (Å²) in [5, 5.41) is 4.94. The van der Waals surface area contributed by atoms with E-state index in [-0.39, 0.29) is 28.2 Å². The number of hydrogen-bond acceptors (Lipinski definition) is 3. The summed E-state index contributed by atoms with van der Waals surface area (Å²) in [6, 6.07) is 3.85. The van der Waals surface area contributed by atoms with Crippen LogP contribution in [0.2, 0.25) is 5.02 Å². The van der Waals surface area contributed by atoms with Gasteiger partial charge >= 0.3 is 0 Å². The number of primary sulfonamides is 1. The van der Waals surface area contributed by atoms with Gasteiger partial charge in [-0.2, -0.15) is 0 Å². The Balaban J connectivity index is 2.06. The van der Waals surface area contributed by atoms with Crippen molar-refractivity contribution in [2.75, 3.05) is 18.8 Å². The molecule has 2 N–H and O–H groups in total. The predicted octanol–water partition coefficient (Wildman–Crippen LogP) is 1.23. The number of nitrogens with two attached hydrogens (primary N) is 1. The lowest BCUT2D eigenvalue weighted by atomic mass is 10.1. The van der Waals surface area contributed by atoms with Gasteiger partial charge in [0.1, 0.15) is 5.82 Å². The molecule has 0 aliphatic carbocycles. The molecular weight excluding hydrogens is 307 g/mol. The molecule has 110 valence electrons. The first kappa shape index (κ1) is 15.2. The lowest BCUT2D eigenvalue weighted by Crippen LogP contribution is -2.30. The van der Waals surface area contributed by atoms with E-state index >= 15 is 0 Å². The van der Waals surface area contributed by atoms with E-state index in [1.54, 1.807) is 0 Å². The van der Waals surface area contributed by atoms with Gasteiger partial charge in [0, 0.05) is 18.7 Å². The molecule has 1 amide bonds. The van der Waals surface area contributed by atoms with Crippen LogP contribution in [0.25, 0.3) is 0 Å². The molecule has 0 saturated carbocycles. The van der Waals surface area contributed by atoms with Crippen molar-refractivity contribution in [1.82, 2.24) is 4.90 Å². The average Bonchev–Trinajstić information content (AvgIpc) is 2.78. The highest BCUT2D eigenvalue weighted by molar-refractivity contribution is 7.89. The highest BCUT2D eigenvalue weighted by Gasteiger charge is 2.29. The zero-order valence-electron chi connectivity index (χ0n) is 10.6. The van der Waals surface area contributed by atoms with Crippen LogP contribution in [0.5, 0.6) is 0 Å². The fourth-order valence-electron chi connectivity index (χ4n) is 2.29. The van der Waals surface area contributed by atoms with Crippen LogP contribution in [0.3, 0.4) is 0 Å². The summed E-state index contributed by atoms with van der Waals surface area (Å²) in [6.45, 7) is 0.739. The van der Waals surface area contributed by atoms with Crippen LogP contribution in [0, 0.1) is 11.7 Å². The Kier molecular flexibility index (Phi) is 4.31. The van der Waals surface area contributed by atoms with Gasteiger partial charge in [-0.15, -0.1) is 0 Å². The molecule has 2 rings (SSSR count). The number of carbonyl (C=O) groups is 1. The van der Waals surface area contributed by atoms with E-state index in [0.717, 1.165) is 6.07 Å². The van der Waals surface area contributed by atoms with Crippen LogP contribution in [0.4, 0.5) is 4.39 Å². The lowest BCUT2D eigenvalue weighted by molar-refractivity contribution is 0.0787. The number of rotatable bonds is 3. The zero-order valence-corrected chi connectivity index (χ0v) is 12.1. The molecular formula is C12H14ClFN2O3S. The molecule has 1 fully saturated rings. The van der Waals surface area contributed by atoms with Gasteiger partial charge in [-0.1, -0.05) is 11.6 Å². The van der Waals surface area contributed by atoms with Crippen LogP contribution in [0.15, 0.2) is 18.2 Å². The number of nitrogens with zero attached hydrogens (tertiary/aromatic N) is 1. The lowest BCUT2D eigenvalue weighted by Gasteiger charge is -2.16. The quantitative estimate of drug-likeness (QED) is 0.909. The molecule has 1 unspecified atom stereocenters. The van der Waals surface area contributed by atoms with Crippen molar-refractivity contribution in [3.8, 4) is 0 Å². The average molecular weight is 321 g/mol. The maximum absolute atomic E-state index is 13.3. The van der Waals surface area contributed by atoms with Crippen molar-refractivity contribution < 1.29 is 17.6 Å². The van der Waals surface area contributed by atoms with E-state index in [9.17, 15) is 17.6 Å². The fourth-order valence-corrected chi connectivity index (χ4v) is 3.34. The number of carbonyl (C=O) groups excluding carboxylic acids is 1. The molecule has 0 spiro atoms. The molecule has 1 atom stereocenters. The summed E-state index contributed by atoms with van der Waals surface area (Å²) in [5.41, 5.74) is 0.197. The molecule has 1 aromatic carbocycles. The molecule has 1 aliphatic rings. The van der Waals surface area contributed by atoms with Crippen LogP contribution in [-0.2, 0) is 10.0 Å². The molecule has 8 heteroatoms. The third kappa shape index (κ3) is 3.68. The molecule has 20 heavy (non-hydrogen) atoms. The summed E-state index contributed by atoms with van der Waals surface area (Å²) >= 11 is 5.56. The fraction of sp³-hybridized carbons (Fsp3) is 0.417. The second kappa shape index (κ2) is 5.67. The van der Waals surface area contributed by atoms with Crippen molar-refractivity contribution in [2.45, 2.75) is 6.42 Å². The minimum Gasteiger partial charge on any atom is -0.338 e. The van der Waals surface area contributed by atoms with Gasteiger partial charge in [-0.3, -0.25) is 4.79 Å².